The summed E-state index contributed by atoms with van der Waals surface area (Å²) >= 11 is 0. The molecule has 1 aromatic carbocycles. The van der Waals surface area contributed by atoms with Gasteiger partial charge in [-0.2, -0.15) is 0 Å². The molecule has 94 valence electrons. The Morgan fingerprint density at radius 2 is 2.18 bits per heavy atom. The Kier molecular flexibility index (Phi) is 4.02. The van der Waals surface area contributed by atoms with Crippen molar-refractivity contribution >= 4 is 0 Å². The summed E-state index contributed by atoms with van der Waals surface area (Å²) < 4.78 is 11.1. The first-order valence-electron chi connectivity index (χ1n) is 6.23. The molecule has 2 N–H and O–H groups in total. The van der Waals surface area contributed by atoms with Gasteiger partial charge in [-0.15, -0.1) is 0 Å². The Morgan fingerprint density at radius 3 is 2.82 bits per heavy atom. The highest BCUT2D eigenvalue weighted by Gasteiger charge is 2.21. The second kappa shape index (κ2) is 5.52. The van der Waals surface area contributed by atoms with Crippen LogP contribution in [0.3, 0.4) is 0 Å². The van der Waals surface area contributed by atoms with Gasteiger partial charge < -0.3 is 15.2 Å². The van der Waals surface area contributed by atoms with Crippen molar-refractivity contribution in [3.05, 3.63) is 29.3 Å². The molecule has 3 nitrogen and oxygen atoms in total. The minimum Gasteiger partial charge on any atom is -0.467 e. The van der Waals surface area contributed by atoms with Crippen LogP contribution in [0.1, 0.15) is 36.9 Å². The molecule has 0 heterocycles. The van der Waals surface area contributed by atoms with Gasteiger partial charge in [-0.1, -0.05) is 12.1 Å². The largest absolute Gasteiger partial charge is 0.467 e. The van der Waals surface area contributed by atoms with Gasteiger partial charge in [-0.25, -0.2) is 0 Å². The molecule has 3 heteroatoms. The molecule has 17 heavy (non-hydrogen) atoms. The molecule has 0 bridgehead atoms. The zero-order valence-electron chi connectivity index (χ0n) is 10.6. The Bertz CT molecular complexity index is 372. The molecule has 0 saturated heterocycles. The lowest BCUT2D eigenvalue weighted by molar-refractivity contribution is 0.00931. The van der Waals surface area contributed by atoms with E-state index >= 15 is 0 Å². The maximum absolute atomic E-state index is 5.91. The van der Waals surface area contributed by atoms with Crippen LogP contribution in [0.2, 0.25) is 0 Å². The predicted octanol–water partition coefficient (Wildman–Crippen LogP) is 2.78. The van der Waals surface area contributed by atoms with E-state index in [4.69, 9.17) is 15.2 Å². The van der Waals surface area contributed by atoms with Crippen LogP contribution in [0.5, 0.6) is 5.75 Å². The molecule has 0 aliphatic heterocycles. The molecular formula is C14H21NO2. The first kappa shape index (κ1) is 12.4. The standard InChI is InChI=1S/C14H21NO2/c1-10-3-6-13(11(2)15)14(7-10)17-9-16-8-12-4-5-12/h3,6-7,11-12H,4-5,8-9,15H2,1-2H3/t11-/m1/s1. The lowest BCUT2D eigenvalue weighted by Crippen LogP contribution is -2.11. The molecular weight excluding hydrogens is 214 g/mol. The second-order valence-corrected chi connectivity index (χ2v) is 4.91. The van der Waals surface area contributed by atoms with Crippen LogP contribution in [0.25, 0.3) is 0 Å². The van der Waals surface area contributed by atoms with Crippen LogP contribution in [-0.2, 0) is 4.74 Å². The first-order chi connectivity index (χ1) is 8.16. The highest BCUT2D eigenvalue weighted by Crippen LogP contribution is 2.29. The molecule has 0 amide bonds. The maximum Gasteiger partial charge on any atom is 0.189 e. The summed E-state index contributed by atoms with van der Waals surface area (Å²) in [6.07, 6.45) is 2.60. The topological polar surface area (TPSA) is 44.5 Å². The summed E-state index contributed by atoms with van der Waals surface area (Å²) in [5, 5.41) is 0. The quantitative estimate of drug-likeness (QED) is 0.609. The lowest BCUT2D eigenvalue weighted by atomic mass is 10.1. The molecule has 1 aliphatic carbocycles. The summed E-state index contributed by atoms with van der Waals surface area (Å²) in [4.78, 5) is 0. The third-order valence-electron chi connectivity index (χ3n) is 3.01. The predicted molar refractivity (Wildman–Crippen MR) is 68.0 cm³/mol. The third-order valence-corrected chi connectivity index (χ3v) is 3.01. The van der Waals surface area contributed by atoms with Crippen LogP contribution < -0.4 is 10.5 Å². The van der Waals surface area contributed by atoms with Crippen LogP contribution in [0, 0.1) is 12.8 Å². The van der Waals surface area contributed by atoms with Crippen molar-refractivity contribution < 1.29 is 9.47 Å². The van der Waals surface area contributed by atoms with Crippen LogP contribution in [0.4, 0.5) is 0 Å². The van der Waals surface area contributed by atoms with E-state index in [1.807, 2.05) is 26.0 Å². The minimum absolute atomic E-state index is 0.0194. The van der Waals surface area contributed by atoms with E-state index < -0.39 is 0 Å². The lowest BCUT2D eigenvalue weighted by Gasteiger charge is -2.14. The van der Waals surface area contributed by atoms with Crippen molar-refractivity contribution in [1.82, 2.24) is 0 Å². The van der Waals surface area contributed by atoms with Crippen molar-refractivity contribution in [2.24, 2.45) is 11.7 Å². The summed E-state index contributed by atoms with van der Waals surface area (Å²) in [6, 6.07) is 6.07. The average molecular weight is 235 g/mol. The Labute approximate surface area is 103 Å². The molecule has 1 aromatic rings. The summed E-state index contributed by atoms with van der Waals surface area (Å²) in [7, 11) is 0. The van der Waals surface area contributed by atoms with Crippen molar-refractivity contribution in [3.8, 4) is 5.75 Å². The zero-order chi connectivity index (χ0) is 12.3. The number of nitrogens with two attached hydrogens (primary N) is 1. The second-order valence-electron chi connectivity index (χ2n) is 4.91. The number of hydrogen-bond donors (Lipinski definition) is 1. The summed E-state index contributed by atoms with van der Waals surface area (Å²) in [6.45, 7) is 5.14. The highest BCUT2D eigenvalue weighted by molar-refractivity contribution is 5.38. The van der Waals surface area contributed by atoms with Gasteiger partial charge in [0, 0.05) is 11.6 Å². The van der Waals surface area contributed by atoms with E-state index in [1.54, 1.807) is 0 Å². The van der Waals surface area contributed by atoms with Crippen molar-refractivity contribution in [3.63, 3.8) is 0 Å². The van der Waals surface area contributed by atoms with Gasteiger partial charge in [0.15, 0.2) is 6.79 Å². The minimum atomic E-state index is -0.0194. The molecule has 1 aliphatic rings. The molecule has 2 rings (SSSR count). The molecule has 1 atom stereocenters. The molecule has 1 saturated carbocycles. The van der Waals surface area contributed by atoms with Crippen molar-refractivity contribution in [2.75, 3.05) is 13.4 Å². The Balaban J connectivity index is 1.89. The SMILES string of the molecule is Cc1ccc([C@@H](C)N)c(OCOCC2CC2)c1. The van der Waals surface area contributed by atoms with Gasteiger partial charge in [0.2, 0.25) is 0 Å². The van der Waals surface area contributed by atoms with Gasteiger partial charge in [0.05, 0.1) is 6.61 Å². The number of hydrogen-bond acceptors (Lipinski definition) is 3. The van der Waals surface area contributed by atoms with E-state index in [0.717, 1.165) is 23.8 Å². The first-order valence-corrected chi connectivity index (χ1v) is 6.23. The van der Waals surface area contributed by atoms with Crippen LogP contribution in [0.15, 0.2) is 18.2 Å². The van der Waals surface area contributed by atoms with E-state index in [9.17, 15) is 0 Å². The molecule has 1 fully saturated rings. The highest BCUT2D eigenvalue weighted by atomic mass is 16.7. The van der Waals surface area contributed by atoms with Crippen molar-refractivity contribution in [2.45, 2.75) is 32.7 Å². The van der Waals surface area contributed by atoms with E-state index in [2.05, 4.69) is 6.07 Å². The van der Waals surface area contributed by atoms with E-state index in [0.29, 0.717) is 6.79 Å². The molecule has 0 unspecified atom stereocenters. The van der Waals surface area contributed by atoms with Crippen molar-refractivity contribution in [1.29, 1.82) is 0 Å². The molecule has 0 aromatic heterocycles. The van der Waals surface area contributed by atoms with Gasteiger partial charge >= 0.3 is 0 Å². The fraction of sp³-hybridized carbons (Fsp3) is 0.571. The number of benzene rings is 1. The van der Waals surface area contributed by atoms with E-state index in [-0.39, 0.29) is 6.04 Å². The Hall–Kier alpha value is -1.06. The molecule has 0 spiro atoms. The number of rotatable bonds is 6. The summed E-state index contributed by atoms with van der Waals surface area (Å²) in [5.74, 6) is 1.61. The molecule has 0 radical (unpaired) electrons. The van der Waals surface area contributed by atoms with Gasteiger partial charge in [0.25, 0.3) is 0 Å². The van der Waals surface area contributed by atoms with E-state index in [1.165, 1.54) is 18.4 Å². The van der Waals surface area contributed by atoms with Crippen LogP contribution in [-0.4, -0.2) is 13.4 Å². The number of ether oxygens (including phenoxy) is 2. The normalized spacial score (nSPS) is 16.9. The van der Waals surface area contributed by atoms with Gasteiger partial charge in [0.1, 0.15) is 5.75 Å². The average Bonchev–Trinajstić information content (AvgIpc) is 3.08. The van der Waals surface area contributed by atoms with Gasteiger partial charge in [-0.3, -0.25) is 0 Å². The maximum atomic E-state index is 5.91. The Morgan fingerprint density at radius 1 is 1.41 bits per heavy atom. The zero-order valence-corrected chi connectivity index (χ0v) is 10.6. The smallest absolute Gasteiger partial charge is 0.189 e. The van der Waals surface area contributed by atoms with Gasteiger partial charge in [-0.05, 0) is 44.2 Å². The number of aryl methyl sites for hydroxylation is 1. The third kappa shape index (κ3) is 3.72. The summed E-state index contributed by atoms with van der Waals surface area (Å²) in [5.41, 5.74) is 8.11. The van der Waals surface area contributed by atoms with Crippen LogP contribution >= 0.6 is 0 Å². The fourth-order valence-corrected chi connectivity index (χ4v) is 1.75. The monoisotopic (exact) mass is 235 g/mol. The fourth-order valence-electron chi connectivity index (χ4n) is 1.75.